The molecule has 0 aliphatic rings. The number of carbonyl (C=O) groups is 2. The SMILES string of the molecule is COC(=O)/C(=C\c1ccccc1)C(N)=O. The van der Waals surface area contributed by atoms with Crippen LogP contribution in [-0.4, -0.2) is 19.0 Å². The van der Waals surface area contributed by atoms with Gasteiger partial charge in [-0.2, -0.15) is 0 Å². The summed E-state index contributed by atoms with van der Waals surface area (Å²) in [6.07, 6.45) is 1.40. The highest BCUT2D eigenvalue weighted by atomic mass is 16.5. The Bertz CT molecular complexity index is 396. The second kappa shape index (κ2) is 4.95. The maximum absolute atomic E-state index is 11.2. The smallest absolute Gasteiger partial charge is 0.343 e. The van der Waals surface area contributed by atoms with Gasteiger partial charge < -0.3 is 10.5 Å². The van der Waals surface area contributed by atoms with Gasteiger partial charge in [0.25, 0.3) is 5.91 Å². The minimum absolute atomic E-state index is 0.163. The van der Waals surface area contributed by atoms with Crippen LogP contribution in [-0.2, 0) is 14.3 Å². The summed E-state index contributed by atoms with van der Waals surface area (Å²) < 4.78 is 4.44. The molecule has 1 aromatic rings. The molecule has 0 unspecified atom stereocenters. The second-order valence-electron chi connectivity index (χ2n) is 2.82. The highest BCUT2D eigenvalue weighted by Crippen LogP contribution is 2.07. The number of amides is 1. The number of hydrogen-bond donors (Lipinski definition) is 1. The zero-order chi connectivity index (χ0) is 11.3. The third-order valence-electron chi connectivity index (χ3n) is 1.78. The quantitative estimate of drug-likeness (QED) is 0.342. The Morgan fingerprint density at radius 1 is 1.27 bits per heavy atom. The summed E-state index contributed by atoms with van der Waals surface area (Å²) >= 11 is 0. The summed E-state index contributed by atoms with van der Waals surface area (Å²) in [6, 6.07) is 8.93. The van der Waals surface area contributed by atoms with Crippen molar-refractivity contribution in [1.29, 1.82) is 0 Å². The molecule has 0 radical (unpaired) electrons. The number of primary amides is 1. The third kappa shape index (κ3) is 2.95. The first-order valence-corrected chi connectivity index (χ1v) is 4.30. The first-order chi connectivity index (χ1) is 7.15. The molecule has 78 valence electrons. The summed E-state index contributed by atoms with van der Waals surface area (Å²) in [5.74, 6) is -1.53. The maximum Gasteiger partial charge on any atom is 0.343 e. The van der Waals surface area contributed by atoms with Crippen molar-refractivity contribution in [2.45, 2.75) is 0 Å². The second-order valence-corrected chi connectivity index (χ2v) is 2.82. The molecule has 0 aliphatic heterocycles. The standard InChI is InChI=1S/C11H11NO3/c1-15-11(14)9(10(12)13)7-8-5-3-2-4-6-8/h2-7H,1H3,(H2,12,13)/b9-7-. The molecule has 0 fully saturated rings. The number of benzene rings is 1. The molecular weight excluding hydrogens is 194 g/mol. The van der Waals surface area contributed by atoms with Crippen LogP contribution in [0.3, 0.4) is 0 Å². The minimum Gasteiger partial charge on any atom is -0.465 e. The van der Waals surface area contributed by atoms with Gasteiger partial charge in [0.2, 0.25) is 0 Å². The first kappa shape index (κ1) is 11.0. The molecular formula is C11H11NO3. The molecule has 0 spiro atoms. The lowest BCUT2D eigenvalue weighted by molar-refractivity contribution is -0.137. The normalized spacial score (nSPS) is 10.9. The van der Waals surface area contributed by atoms with E-state index in [9.17, 15) is 9.59 Å². The number of esters is 1. The van der Waals surface area contributed by atoms with E-state index in [1.54, 1.807) is 24.3 Å². The average Bonchev–Trinajstić information content (AvgIpc) is 2.26. The Hall–Kier alpha value is -2.10. The number of nitrogens with two attached hydrogens (primary N) is 1. The lowest BCUT2D eigenvalue weighted by Gasteiger charge is -2.00. The van der Waals surface area contributed by atoms with Gasteiger partial charge in [-0.1, -0.05) is 30.3 Å². The lowest BCUT2D eigenvalue weighted by Crippen LogP contribution is -2.21. The van der Waals surface area contributed by atoms with Crippen LogP contribution in [0.25, 0.3) is 6.08 Å². The van der Waals surface area contributed by atoms with Gasteiger partial charge >= 0.3 is 5.97 Å². The maximum atomic E-state index is 11.2. The fourth-order valence-corrected chi connectivity index (χ4v) is 1.06. The van der Waals surface area contributed by atoms with Crippen molar-refractivity contribution >= 4 is 18.0 Å². The van der Waals surface area contributed by atoms with E-state index in [2.05, 4.69) is 4.74 Å². The van der Waals surface area contributed by atoms with Crippen molar-refractivity contribution in [2.24, 2.45) is 5.73 Å². The summed E-state index contributed by atoms with van der Waals surface area (Å²) in [5, 5.41) is 0. The average molecular weight is 205 g/mol. The van der Waals surface area contributed by atoms with Crippen LogP contribution in [0.2, 0.25) is 0 Å². The molecule has 1 rings (SSSR count). The molecule has 0 aliphatic carbocycles. The Balaban J connectivity index is 3.05. The summed E-state index contributed by atoms with van der Waals surface area (Å²) in [5.41, 5.74) is 5.61. The molecule has 2 N–H and O–H groups in total. The summed E-state index contributed by atoms with van der Waals surface area (Å²) in [4.78, 5) is 22.1. The zero-order valence-electron chi connectivity index (χ0n) is 8.27. The van der Waals surface area contributed by atoms with E-state index in [-0.39, 0.29) is 5.57 Å². The van der Waals surface area contributed by atoms with Gasteiger partial charge in [-0.05, 0) is 11.6 Å². The number of hydrogen-bond acceptors (Lipinski definition) is 3. The molecule has 1 aromatic carbocycles. The van der Waals surface area contributed by atoms with Crippen LogP contribution in [0.15, 0.2) is 35.9 Å². The van der Waals surface area contributed by atoms with Gasteiger partial charge in [0.1, 0.15) is 5.57 Å². The molecule has 0 saturated heterocycles. The van der Waals surface area contributed by atoms with Crippen molar-refractivity contribution in [3.63, 3.8) is 0 Å². The van der Waals surface area contributed by atoms with E-state index in [0.29, 0.717) is 0 Å². The van der Waals surface area contributed by atoms with Gasteiger partial charge in [-0.25, -0.2) is 4.79 Å². The van der Waals surface area contributed by atoms with Crippen LogP contribution >= 0.6 is 0 Å². The lowest BCUT2D eigenvalue weighted by atomic mass is 10.1. The van der Waals surface area contributed by atoms with E-state index in [4.69, 9.17) is 5.73 Å². The predicted octanol–water partition coefficient (Wildman–Crippen LogP) is 0.728. The highest BCUT2D eigenvalue weighted by molar-refractivity contribution is 6.19. The number of ether oxygens (including phenoxy) is 1. The van der Waals surface area contributed by atoms with Gasteiger partial charge in [0.05, 0.1) is 7.11 Å². The molecule has 15 heavy (non-hydrogen) atoms. The third-order valence-corrected chi connectivity index (χ3v) is 1.78. The van der Waals surface area contributed by atoms with E-state index < -0.39 is 11.9 Å². The van der Waals surface area contributed by atoms with Crippen LogP contribution in [0.5, 0.6) is 0 Å². The molecule has 4 heteroatoms. The van der Waals surface area contributed by atoms with Gasteiger partial charge in [0, 0.05) is 0 Å². The van der Waals surface area contributed by atoms with Crippen LogP contribution in [0.1, 0.15) is 5.56 Å². The monoisotopic (exact) mass is 205 g/mol. The van der Waals surface area contributed by atoms with Crippen molar-refractivity contribution in [3.05, 3.63) is 41.5 Å². The van der Waals surface area contributed by atoms with Crippen molar-refractivity contribution < 1.29 is 14.3 Å². The molecule has 0 bridgehead atoms. The highest BCUT2D eigenvalue weighted by Gasteiger charge is 2.15. The first-order valence-electron chi connectivity index (χ1n) is 4.30. The van der Waals surface area contributed by atoms with Crippen molar-refractivity contribution in [2.75, 3.05) is 7.11 Å². The number of rotatable bonds is 3. The predicted molar refractivity (Wildman–Crippen MR) is 55.6 cm³/mol. The van der Waals surface area contributed by atoms with Crippen LogP contribution < -0.4 is 5.73 Å². The van der Waals surface area contributed by atoms with Crippen molar-refractivity contribution in [1.82, 2.24) is 0 Å². The molecule has 0 atom stereocenters. The molecule has 4 nitrogen and oxygen atoms in total. The van der Waals surface area contributed by atoms with E-state index in [1.165, 1.54) is 13.2 Å². The van der Waals surface area contributed by atoms with E-state index in [1.807, 2.05) is 6.07 Å². The number of methoxy groups -OCH3 is 1. The van der Waals surface area contributed by atoms with E-state index in [0.717, 1.165) is 5.56 Å². The van der Waals surface area contributed by atoms with Crippen LogP contribution in [0.4, 0.5) is 0 Å². The minimum atomic E-state index is -0.800. The summed E-state index contributed by atoms with van der Waals surface area (Å²) in [6.45, 7) is 0. The molecule has 0 saturated carbocycles. The topological polar surface area (TPSA) is 69.4 Å². The Kier molecular flexibility index (Phi) is 3.62. The van der Waals surface area contributed by atoms with Gasteiger partial charge in [0.15, 0.2) is 0 Å². The molecule has 0 aromatic heterocycles. The number of carbonyl (C=O) groups excluding carboxylic acids is 2. The Morgan fingerprint density at radius 2 is 1.87 bits per heavy atom. The van der Waals surface area contributed by atoms with E-state index >= 15 is 0 Å². The molecule has 1 amide bonds. The van der Waals surface area contributed by atoms with Gasteiger partial charge in [-0.15, -0.1) is 0 Å². The summed E-state index contributed by atoms with van der Waals surface area (Å²) in [7, 11) is 1.20. The molecule has 0 heterocycles. The van der Waals surface area contributed by atoms with Gasteiger partial charge in [-0.3, -0.25) is 4.79 Å². The zero-order valence-corrected chi connectivity index (χ0v) is 8.27. The van der Waals surface area contributed by atoms with Crippen molar-refractivity contribution in [3.8, 4) is 0 Å². The Morgan fingerprint density at radius 3 is 2.33 bits per heavy atom. The fourth-order valence-electron chi connectivity index (χ4n) is 1.06. The fraction of sp³-hybridized carbons (Fsp3) is 0.0909. The largest absolute Gasteiger partial charge is 0.465 e. The Labute approximate surface area is 87.3 Å². The van der Waals surface area contributed by atoms with Crippen LogP contribution in [0, 0.1) is 0 Å².